The van der Waals surface area contributed by atoms with Crippen LogP contribution in [0.1, 0.15) is 22.3 Å². The Hall–Kier alpha value is -1.46. The largest absolute Gasteiger partial charge is 0.409 e. The molecule has 2 aromatic rings. The molecule has 0 heterocycles. The predicted molar refractivity (Wildman–Crippen MR) is 92.1 cm³/mol. The van der Waals surface area contributed by atoms with E-state index in [4.69, 9.17) is 10.9 Å². The highest BCUT2D eigenvalue weighted by atomic mass is 79.9. The van der Waals surface area contributed by atoms with Crippen LogP contribution >= 0.6 is 27.7 Å². The van der Waals surface area contributed by atoms with Crippen molar-refractivity contribution in [3.05, 3.63) is 63.1 Å². The quantitative estimate of drug-likeness (QED) is 0.277. The summed E-state index contributed by atoms with van der Waals surface area (Å²) >= 11 is 5.13. The summed E-state index contributed by atoms with van der Waals surface area (Å²) in [7, 11) is 0. The predicted octanol–water partition coefficient (Wildman–Crippen LogP) is 4.45. The molecule has 5 heteroatoms. The van der Waals surface area contributed by atoms with E-state index in [0.29, 0.717) is 0 Å². The number of amidine groups is 1. The Morgan fingerprint density at radius 2 is 1.86 bits per heavy atom. The van der Waals surface area contributed by atoms with Crippen LogP contribution in [0.3, 0.4) is 0 Å². The fraction of sp³-hybridized carbons (Fsp3) is 0.188. The second kappa shape index (κ2) is 7.00. The maximum Gasteiger partial charge on any atom is 0.171 e. The van der Waals surface area contributed by atoms with Gasteiger partial charge in [-0.1, -0.05) is 50.4 Å². The monoisotopic (exact) mass is 364 g/mol. The summed E-state index contributed by atoms with van der Waals surface area (Å²) in [6, 6.07) is 12.2. The molecule has 0 aliphatic heterocycles. The Kier molecular flexibility index (Phi) is 5.31. The van der Waals surface area contributed by atoms with Crippen molar-refractivity contribution < 1.29 is 5.21 Å². The van der Waals surface area contributed by atoms with Crippen LogP contribution in [0, 0.1) is 13.8 Å². The first kappa shape index (κ1) is 15.9. The van der Waals surface area contributed by atoms with Gasteiger partial charge in [0.1, 0.15) is 0 Å². The number of nitrogens with two attached hydrogens (primary N) is 1. The van der Waals surface area contributed by atoms with Gasteiger partial charge >= 0.3 is 0 Å². The maximum atomic E-state index is 8.88. The van der Waals surface area contributed by atoms with Crippen LogP contribution in [-0.4, -0.2) is 11.0 Å². The van der Waals surface area contributed by atoms with Gasteiger partial charge in [-0.15, -0.1) is 11.8 Å². The first-order valence-corrected chi connectivity index (χ1v) is 8.25. The lowest BCUT2D eigenvalue weighted by atomic mass is 10.1. The van der Waals surface area contributed by atoms with Crippen molar-refractivity contribution in [2.45, 2.75) is 24.5 Å². The van der Waals surface area contributed by atoms with E-state index in [1.807, 2.05) is 18.2 Å². The van der Waals surface area contributed by atoms with Crippen molar-refractivity contribution >= 4 is 33.5 Å². The van der Waals surface area contributed by atoms with Crippen molar-refractivity contribution in [1.82, 2.24) is 0 Å². The minimum Gasteiger partial charge on any atom is -0.409 e. The summed E-state index contributed by atoms with van der Waals surface area (Å²) in [4.78, 5) is 0.985. The van der Waals surface area contributed by atoms with Crippen molar-refractivity contribution in [3.63, 3.8) is 0 Å². The van der Waals surface area contributed by atoms with Gasteiger partial charge in [0.25, 0.3) is 0 Å². The summed E-state index contributed by atoms with van der Waals surface area (Å²) in [5.74, 6) is 0.968. The minimum atomic E-state index is 0.130. The Morgan fingerprint density at radius 3 is 2.48 bits per heavy atom. The zero-order chi connectivity index (χ0) is 15.4. The summed E-state index contributed by atoms with van der Waals surface area (Å²) < 4.78 is 0.972. The van der Waals surface area contributed by atoms with Crippen LogP contribution in [0.2, 0.25) is 0 Å². The topological polar surface area (TPSA) is 58.6 Å². The van der Waals surface area contributed by atoms with E-state index < -0.39 is 0 Å². The van der Waals surface area contributed by atoms with Crippen molar-refractivity contribution in [2.24, 2.45) is 10.9 Å². The molecule has 0 amide bonds. The molecule has 21 heavy (non-hydrogen) atoms. The van der Waals surface area contributed by atoms with Crippen LogP contribution in [0.4, 0.5) is 0 Å². The molecule has 0 saturated heterocycles. The standard InChI is InChI=1S/C16H17BrN2OS/c1-10-5-11(2)7-12(6-10)9-21-15-8-13(17)3-4-14(15)16(18)19-20/h3-8,20H,9H2,1-2H3,(H2,18,19). The molecule has 0 bridgehead atoms. The van der Waals surface area contributed by atoms with E-state index in [9.17, 15) is 0 Å². The van der Waals surface area contributed by atoms with Crippen LogP contribution in [0.5, 0.6) is 0 Å². The molecule has 0 saturated carbocycles. The van der Waals surface area contributed by atoms with E-state index in [0.717, 1.165) is 20.7 Å². The lowest BCUT2D eigenvalue weighted by Gasteiger charge is -2.10. The van der Waals surface area contributed by atoms with Crippen molar-refractivity contribution in [1.29, 1.82) is 0 Å². The number of hydrogen-bond acceptors (Lipinski definition) is 3. The van der Waals surface area contributed by atoms with Crippen molar-refractivity contribution in [3.8, 4) is 0 Å². The number of nitrogens with zero attached hydrogens (tertiary/aromatic N) is 1. The number of benzene rings is 2. The van der Waals surface area contributed by atoms with Crippen LogP contribution in [0.25, 0.3) is 0 Å². The fourth-order valence-electron chi connectivity index (χ4n) is 2.19. The summed E-state index contributed by atoms with van der Waals surface area (Å²) in [6.45, 7) is 4.20. The molecule has 0 spiro atoms. The summed E-state index contributed by atoms with van der Waals surface area (Å²) in [5, 5.41) is 12.0. The summed E-state index contributed by atoms with van der Waals surface area (Å²) in [5.41, 5.74) is 10.3. The second-order valence-electron chi connectivity index (χ2n) is 4.91. The molecule has 3 nitrogen and oxygen atoms in total. The zero-order valence-electron chi connectivity index (χ0n) is 11.9. The highest BCUT2D eigenvalue weighted by Crippen LogP contribution is 2.29. The first-order chi connectivity index (χ1) is 9.99. The highest BCUT2D eigenvalue weighted by Gasteiger charge is 2.09. The Bertz CT molecular complexity index is 666. The van der Waals surface area contributed by atoms with Gasteiger partial charge in [0, 0.05) is 20.7 Å². The SMILES string of the molecule is Cc1cc(C)cc(CSc2cc(Br)ccc2/C(N)=N/O)c1. The Labute approximate surface area is 137 Å². The first-order valence-electron chi connectivity index (χ1n) is 6.47. The van der Waals surface area contributed by atoms with Gasteiger partial charge in [0.05, 0.1) is 0 Å². The zero-order valence-corrected chi connectivity index (χ0v) is 14.3. The van der Waals surface area contributed by atoms with Gasteiger partial charge in [0.15, 0.2) is 5.84 Å². The van der Waals surface area contributed by atoms with Gasteiger partial charge in [-0.3, -0.25) is 0 Å². The molecule has 0 atom stereocenters. The normalized spacial score (nSPS) is 11.7. The van der Waals surface area contributed by atoms with E-state index >= 15 is 0 Å². The molecular weight excluding hydrogens is 348 g/mol. The number of halogens is 1. The number of hydrogen-bond donors (Lipinski definition) is 2. The summed E-state index contributed by atoms with van der Waals surface area (Å²) in [6.07, 6.45) is 0. The number of oxime groups is 1. The van der Waals surface area contributed by atoms with Crippen LogP contribution in [0.15, 0.2) is 50.9 Å². The number of aryl methyl sites for hydroxylation is 2. The average Bonchev–Trinajstić information content (AvgIpc) is 2.43. The molecule has 0 aliphatic rings. The van der Waals surface area contributed by atoms with Gasteiger partial charge < -0.3 is 10.9 Å². The Morgan fingerprint density at radius 1 is 1.19 bits per heavy atom. The minimum absolute atomic E-state index is 0.130. The molecule has 0 aliphatic carbocycles. The highest BCUT2D eigenvalue weighted by molar-refractivity contribution is 9.10. The van der Waals surface area contributed by atoms with E-state index in [-0.39, 0.29) is 5.84 Å². The molecule has 0 unspecified atom stereocenters. The van der Waals surface area contributed by atoms with E-state index in [1.54, 1.807) is 11.8 Å². The maximum absolute atomic E-state index is 8.88. The number of rotatable bonds is 4. The third-order valence-electron chi connectivity index (χ3n) is 3.00. The Balaban J connectivity index is 2.25. The smallest absolute Gasteiger partial charge is 0.171 e. The molecule has 0 aromatic heterocycles. The third kappa shape index (κ3) is 4.25. The van der Waals surface area contributed by atoms with Gasteiger partial charge in [0.2, 0.25) is 0 Å². The molecule has 0 fully saturated rings. The van der Waals surface area contributed by atoms with Gasteiger partial charge in [-0.2, -0.15) is 0 Å². The van der Waals surface area contributed by atoms with Gasteiger partial charge in [-0.05, 0) is 37.6 Å². The van der Waals surface area contributed by atoms with Crippen molar-refractivity contribution in [2.75, 3.05) is 0 Å². The third-order valence-corrected chi connectivity index (χ3v) is 4.62. The fourth-order valence-corrected chi connectivity index (χ4v) is 3.73. The lowest BCUT2D eigenvalue weighted by molar-refractivity contribution is 0.318. The molecular formula is C16H17BrN2OS. The van der Waals surface area contributed by atoms with E-state index in [1.165, 1.54) is 16.7 Å². The van der Waals surface area contributed by atoms with E-state index in [2.05, 4.69) is 53.1 Å². The molecule has 3 N–H and O–H groups in total. The molecule has 0 radical (unpaired) electrons. The lowest BCUT2D eigenvalue weighted by Crippen LogP contribution is -2.14. The number of thioether (sulfide) groups is 1. The van der Waals surface area contributed by atoms with Crippen LogP contribution in [-0.2, 0) is 5.75 Å². The molecule has 110 valence electrons. The molecule has 2 aromatic carbocycles. The van der Waals surface area contributed by atoms with Gasteiger partial charge in [-0.25, -0.2) is 0 Å². The molecule has 2 rings (SSSR count). The average molecular weight is 365 g/mol. The van der Waals surface area contributed by atoms with Crippen LogP contribution < -0.4 is 5.73 Å². The second-order valence-corrected chi connectivity index (χ2v) is 6.84.